The van der Waals surface area contributed by atoms with Gasteiger partial charge in [-0.05, 0) is 42.5 Å². The minimum Gasteiger partial charge on any atom is -0.482 e. The third-order valence-corrected chi connectivity index (χ3v) is 2.84. The van der Waals surface area contributed by atoms with Crippen molar-refractivity contribution in [3.8, 4) is 17.2 Å². The highest BCUT2D eigenvalue weighted by atomic mass is 35.5. The number of ether oxygens (including phenoxy) is 2. The van der Waals surface area contributed by atoms with Crippen molar-refractivity contribution in [2.75, 3.05) is 6.61 Å². The predicted octanol–water partition coefficient (Wildman–Crippen LogP) is 4.25. The monoisotopic (exact) mass is 312 g/mol. The van der Waals surface area contributed by atoms with Crippen LogP contribution in [0.1, 0.15) is 0 Å². The lowest BCUT2D eigenvalue weighted by molar-refractivity contribution is -0.139. The van der Waals surface area contributed by atoms with E-state index in [4.69, 9.17) is 37.8 Å². The van der Waals surface area contributed by atoms with Crippen LogP contribution in [0.5, 0.6) is 17.2 Å². The van der Waals surface area contributed by atoms with Crippen molar-refractivity contribution in [3.63, 3.8) is 0 Å². The van der Waals surface area contributed by atoms with E-state index in [9.17, 15) is 4.79 Å². The average molecular weight is 313 g/mol. The number of rotatable bonds is 5. The van der Waals surface area contributed by atoms with Gasteiger partial charge in [-0.2, -0.15) is 0 Å². The molecule has 6 heteroatoms. The highest BCUT2D eigenvalue weighted by Crippen LogP contribution is 2.32. The highest BCUT2D eigenvalue weighted by molar-refractivity contribution is 6.35. The molecule has 104 valence electrons. The van der Waals surface area contributed by atoms with Crippen LogP contribution in [0.25, 0.3) is 0 Å². The molecule has 0 saturated carbocycles. The molecule has 0 bridgehead atoms. The molecule has 0 fully saturated rings. The SMILES string of the molecule is O=C(O)COc1ccc(Oc2ccc(Cl)cc2Cl)cc1. The number of carboxylic acid groups (broad SMARTS) is 1. The summed E-state index contributed by atoms with van der Waals surface area (Å²) in [5.41, 5.74) is 0. The summed E-state index contributed by atoms with van der Waals surface area (Å²) in [7, 11) is 0. The van der Waals surface area contributed by atoms with Gasteiger partial charge in [0.05, 0.1) is 5.02 Å². The number of carbonyl (C=O) groups is 1. The van der Waals surface area contributed by atoms with Crippen LogP contribution in [0.3, 0.4) is 0 Å². The maximum absolute atomic E-state index is 10.4. The molecule has 4 nitrogen and oxygen atoms in total. The Morgan fingerprint density at radius 1 is 1.05 bits per heavy atom. The van der Waals surface area contributed by atoms with Crippen molar-refractivity contribution in [2.24, 2.45) is 0 Å². The summed E-state index contributed by atoms with van der Waals surface area (Å²) in [6.07, 6.45) is 0. The third-order valence-electron chi connectivity index (χ3n) is 2.31. The van der Waals surface area contributed by atoms with Gasteiger partial charge in [0.1, 0.15) is 17.2 Å². The van der Waals surface area contributed by atoms with Crippen molar-refractivity contribution in [2.45, 2.75) is 0 Å². The van der Waals surface area contributed by atoms with Gasteiger partial charge in [-0.3, -0.25) is 0 Å². The number of hydrogen-bond acceptors (Lipinski definition) is 3. The van der Waals surface area contributed by atoms with Crippen molar-refractivity contribution in [3.05, 3.63) is 52.5 Å². The Morgan fingerprint density at radius 2 is 1.70 bits per heavy atom. The second kappa shape index (κ2) is 6.50. The Hall–Kier alpha value is -1.91. The first-order valence-electron chi connectivity index (χ1n) is 5.62. The van der Waals surface area contributed by atoms with Crippen molar-refractivity contribution in [1.82, 2.24) is 0 Å². The molecular weight excluding hydrogens is 303 g/mol. The molecule has 0 saturated heterocycles. The summed E-state index contributed by atoms with van der Waals surface area (Å²) in [5.74, 6) is 0.451. The molecule has 0 heterocycles. The Balaban J connectivity index is 2.05. The van der Waals surface area contributed by atoms with Crippen LogP contribution in [0.2, 0.25) is 10.0 Å². The average Bonchev–Trinajstić information content (AvgIpc) is 2.41. The van der Waals surface area contributed by atoms with E-state index in [1.165, 1.54) is 0 Å². The Kier molecular flexibility index (Phi) is 4.71. The van der Waals surface area contributed by atoms with Crippen molar-refractivity contribution in [1.29, 1.82) is 0 Å². The molecule has 0 spiro atoms. The summed E-state index contributed by atoms with van der Waals surface area (Å²) in [5, 5.41) is 9.44. The predicted molar refractivity (Wildman–Crippen MR) is 76.1 cm³/mol. The first-order chi connectivity index (χ1) is 9.54. The van der Waals surface area contributed by atoms with Gasteiger partial charge in [-0.1, -0.05) is 23.2 Å². The van der Waals surface area contributed by atoms with Crippen LogP contribution in [0.4, 0.5) is 0 Å². The fraction of sp³-hybridized carbons (Fsp3) is 0.0714. The van der Waals surface area contributed by atoms with E-state index < -0.39 is 5.97 Å². The lowest BCUT2D eigenvalue weighted by Gasteiger charge is -2.09. The van der Waals surface area contributed by atoms with Gasteiger partial charge in [-0.15, -0.1) is 0 Å². The molecule has 2 rings (SSSR count). The molecule has 0 aliphatic rings. The summed E-state index contributed by atoms with van der Waals surface area (Å²) < 4.78 is 10.6. The minimum atomic E-state index is -1.03. The number of halogens is 2. The van der Waals surface area contributed by atoms with Crippen LogP contribution in [0.15, 0.2) is 42.5 Å². The highest BCUT2D eigenvalue weighted by Gasteiger charge is 2.05. The Morgan fingerprint density at radius 3 is 2.30 bits per heavy atom. The zero-order valence-electron chi connectivity index (χ0n) is 10.2. The third kappa shape index (κ3) is 4.05. The first-order valence-corrected chi connectivity index (χ1v) is 6.38. The molecule has 0 aliphatic carbocycles. The quantitative estimate of drug-likeness (QED) is 0.896. The molecule has 1 N–H and O–H groups in total. The van der Waals surface area contributed by atoms with E-state index in [1.807, 2.05) is 0 Å². The zero-order valence-corrected chi connectivity index (χ0v) is 11.7. The fourth-order valence-electron chi connectivity index (χ4n) is 1.43. The molecule has 2 aromatic rings. The van der Waals surface area contributed by atoms with Gasteiger partial charge in [0, 0.05) is 5.02 Å². The lowest BCUT2D eigenvalue weighted by Crippen LogP contribution is -2.09. The van der Waals surface area contributed by atoms with E-state index >= 15 is 0 Å². The summed E-state index contributed by atoms with van der Waals surface area (Å²) in [6, 6.07) is 11.5. The number of hydrogen-bond donors (Lipinski definition) is 1. The Bertz CT molecular complexity index is 611. The van der Waals surface area contributed by atoms with Crippen molar-refractivity contribution >= 4 is 29.2 Å². The van der Waals surface area contributed by atoms with Crippen LogP contribution in [-0.2, 0) is 4.79 Å². The molecule has 0 aliphatic heterocycles. The van der Waals surface area contributed by atoms with E-state index in [2.05, 4.69) is 0 Å². The largest absolute Gasteiger partial charge is 0.482 e. The van der Waals surface area contributed by atoms with Gasteiger partial charge < -0.3 is 14.6 Å². The minimum absolute atomic E-state index is 0.386. The Labute approximate surface area is 125 Å². The van der Waals surface area contributed by atoms with E-state index in [1.54, 1.807) is 42.5 Å². The topological polar surface area (TPSA) is 55.8 Å². The van der Waals surface area contributed by atoms with Gasteiger partial charge in [0.15, 0.2) is 6.61 Å². The van der Waals surface area contributed by atoms with Crippen LogP contribution in [-0.4, -0.2) is 17.7 Å². The van der Waals surface area contributed by atoms with Gasteiger partial charge in [0.25, 0.3) is 0 Å². The van der Waals surface area contributed by atoms with Crippen LogP contribution in [0, 0.1) is 0 Å². The van der Waals surface area contributed by atoms with E-state index in [-0.39, 0.29) is 6.61 Å². The van der Waals surface area contributed by atoms with Crippen LogP contribution < -0.4 is 9.47 Å². The first kappa shape index (κ1) is 14.5. The smallest absolute Gasteiger partial charge is 0.341 e. The molecular formula is C14H10Cl2O4. The molecule has 0 amide bonds. The van der Waals surface area contributed by atoms with E-state index in [0.717, 1.165) is 0 Å². The number of benzene rings is 2. The van der Waals surface area contributed by atoms with Gasteiger partial charge >= 0.3 is 5.97 Å². The van der Waals surface area contributed by atoms with Gasteiger partial charge in [0.2, 0.25) is 0 Å². The summed E-state index contributed by atoms with van der Waals surface area (Å²) in [4.78, 5) is 10.4. The van der Waals surface area contributed by atoms with Gasteiger partial charge in [-0.25, -0.2) is 4.79 Å². The maximum atomic E-state index is 10.4. The number of aliphatic carboxylic acids is 1. The van der Waals surface area contributed by atoms with Crippen LogP contribution >= 0.6 is 23.2 Å². The normalized spacial score (nSPS) is 10.1. The lowest BCUT2D eigenvalue weighted by atomic mass is 10.3. The standard InChI is InChI=1S/C14H10Cl2O4/c15-9-1-6-13(12(16)7-9)20-11-4-2-10(3-5-11)19-8-14(17)18/h1-7H,8H2,(H,17,18). The van der Waals surface area contributed by atoms with Crippen molar-refractivity contribution < 1.29 is 19.4 Å². The van der Waals surface area contributed by atoms with E-state index in [0.29, 0.717) is 27.3 Å². The summed E-state index contributed by atoms with van der Waals surface area (Å²) >= 11 is 11.8. The zero-order chi connectivity index (χ0) is 14.5. The molecule has 0 atom stereocenters. The second-order valence-corrected chi connectivity index (χ2v) is 4.67. The molecule has 2 aromatic carbocycles. The number of carboxylic acids is 1. The molecule has 0 aromatic heterocycles. The summed E-state index contributed by atoms with van der Waals surface area (Å²) in [6.45, 7) is -0.386. The molecule has 0 radical (unpaired) electrons. The maximum Gasteiger partial charge on any atom is 0.341 e. The molecule has 0 unspecified atom stereocenters. The molecule has 20 heavy (non-hydrogen) atoms. The fourth-order valence-corrected chi connectivity index (χ4v) is 1.88. The second-order valence-electron chi connectivity index (χ2n) is 3.83.